The maximum atomic E-state index is 5.31. The Labute approximate surface area is 84.2 Å². The molecule has 1 aromatic rings. The monoisotopic (exact) mass is 191 g/mol. The van der Waals surface area contributed by atoms with Crippen molar-refractivity contribution in [2.45, 2.75) is 25.8 Å². The average molecular weight is 191 g/mol. The molecule has 1 nitrogen and oxygen atoms in total. The summed E-state index contributed by atoms with van der Waals surface area (Å²) in [5.41, 5.74) is 2.42. The van der Waals surface area contributed by atoms with E-state index in [9.17, 15) is 0 Å². The SMILES string of the molecule is Cc1ccccc1C(=S)NC1CC1. The molecule has 0 amide bonds. The van der Waals surface area contributed by atoms with Crippen molar-refractivity contribution >= 4 is 17.2 Å². The van der Waals surface area contributed by atoms with Gasteiger partial charge in [0, 0.05) is 11.6 Å². The molecule has 0 aromatic heterocycles. The molecule has 0 bridgehead atoms. The molecule has 1 aliphatic rings. The lowest BCUT2D eigenvalue weighted by molar-refractivity contribution is 0.921. The molecule has 2 heteroatoms. The number of benzene rings is 1. The summed E-state index contributed by atoms with van der Waals surface area (Å²) in [4.78, 5) is 0.903. The first-order chi connectivity index (χ1) is 6.27. The van der Waals surface area contributed by atoms with Gasteiger partial charge >= 0.3 is 0 Å². The van der Waals surface area contributed by atoms with Gasteiger partial charge in [-0.3, -0.25) is 0 Å². The Bertz CT molecular complexity index is 329. The summed E-state index contributed by atoms with van der Waals surface area (Å²) in [6.07, 6.45) is 2.54. The Balaban J connectivity index is 2.13. The molecular weight excluding hydrogens is 178 g/mol. The third kappa shape index (κ3) is 2.07. The van der Waals surface area contributed by atoms with Crippen molar-refractivity contribution in [2.24, 2.45) is 0 Å². The van der Waals surface area contributed by atoms with Crippen LogP contribution in [0.5, 0.6) is 0 Å². The lowest BCUT2D eigenvalue weighted by atomic mass is 10.1. The lowest BCUT2D eigenvalue weighted by Crippen LogP contribution is -2.24. The zero-order chi connectivity index (χ0) is 9.26. The Kier molecular flexibility index (Phi) is 2.32. The largest absolute Gasteiger partial charge is 0.373 e. The normalized spacial score (nSPS) is 15.5. The van der Waals surface area contributed by atoms with Crippen LogP contribution in [-0.2, 0) is 0 Å². The fourth-order valence-corrected chi connectivity index (χ4v) is 1.71. The number of nitrogens with one attached hydrogen (secondary N) is 1. The minimum atomic E-state index is 0.645. The highest BCUT2D eigenvalue weighted by molar-refractivity contribution is 7.80. The number of hydrogen-bond donors (Lipinski definition) is 1. The fraction of sp³-hybridized carbons (Fsp3) is 0.364. The highest BCUT2D eigenvalue weighted by Gasteiger charge is 2.22. The second-order valence-electron chi connectivity index (χ2n) is 3.56. The van der Waals surface area contributed by atoms with Crippen molar-refractivity contribution in [3.8, 4) is 0 Å². The van der Waals surface area contributed by atoms with E-state index in [2.05, 4.69) is 24.4 Å². The van der Waals surface area contributed by atoms with Crippen LogP contribution in [-0.4, -0.2) is 11.0 Å². The molecule has 1 fully saturated rings. The van der Waals surface area contributed by atoms with Gasteiger partial charge in [0.15, 0.2) is 0 Å². The molecule has 1 saturated carbocycles. The van der Waals surface area contributed by atoms with Gasteiger partial charge in [-0.1, -0.05) is 36.5 Å². The Morgan fingerprint density at radius 1 is 1.38 bits per heavy atom. The van der Waals surface area contributed by atoms with Crippen molar-refractivity contribution in [3.63, 3.8) is 0 Å². The van der Waals surface area contributed by atoms with Gasteiger partial charge in [0.1, 0.15) is 4.99 Å². The highest BCUT2D eigenvalue weighted by Crippen LogP contribution is 2.20. The Morgan fingerprint density at radius 3 is 2.69 bits per heavy atom. The summed E-state index contributed by atoms with van der Waals surface area (Å²) in [6, 6.07) is 8.89. The molecule has 1 aromatic carbocycles. The minimum absolute atomic E-state index is 0.645. The first kappa shape index (κ1) is 8.70. The van der Waals surface area contributed by atoms with Crippen LogP contribution in [0.4, 0.5) is 0 Å². The maximum Gasteiger partial charge on any atom is 0.107 e. The van der Waals surface area contributed by atoms with E-state index in [-0.39, 0.29) is 0 Å². The maximum absolute atomic E-state index is 5.31. The average Bonchev–Trinajstić information content (AvgIpc) is 2.89. The van der Waals surface area contributed by atoms with Crippen LogP contribution in [0.15, 0.2) is 24.3 Å². The predicted molar refractivity (Wildman–Crippen MR) is 59.0 cm³/mol. The van der Waals surface area contributed by atoms with Gasteiger partial charge in [-0.2, -0.15) is 0 Å². The molecule has 0 radical (unpaired) electrons. The van der Waals surface area contributed by atoms with Crippen molar-refractivity contribution in [3.05, 3.63) is 35.4 Å². The lowest BCUT2D eigenvalue weighted by Gasteiger charge is -2.08. The van der Waals surface area contributed by atoms with Crippen LogP contribution in [0.3, 0.4) is 0 Å². The van der Waals surface area contributed by atoms with E-state index in [0.29, 0.717) is 6.04 Å². The summed E-state index contributed by atoms with van der Waals surface area (Å²) in [6.45, 7) is 2.09. The standard InChI is InChI=1S/C11H13NS/c1-8-4-2-3-5-10(8)11(13)12-9-6-7-9/h2-5,9H,6-7H2,1H3,(H,12,13). The van der Waals surface area contributed by atoms with E-state index >= 15 is 0 Å². The van der Waals surface area contributed by atoms with E-state index < -0.39 is 0 Å². The first-order valence-corrected chi connectivity index (χ1v) is 5.04. The molecule has 0 aliphatic heterocycles. The van der Waals surface area contributed by atoms with Crippen LogP contribution in [0.1, 0.15) is 24.0 Å². The van der Waals surface area contributed by atoms with Crippen LogP contribution >= 0.6 is 12.2 Å². The van der Waals surface area contributed by atoms with Crippen molar-refractivity contribution < 1.29 is 0 Å². The van der Waals surface area contributed by atoms with Crippen molar-refractivity contribution in [1.29, 1.82) is 0 Å². The number of rotatable bonds is 2. The fourth-order valence-electron chi connectivity index (χ4n) is 1.32. The van der Waals surface area contributed by atoms with Crippen LogP contribution in [0.2, 0.25) is 0 Å². The summed E-state index contributed by atoms with van der Waals surface area (Å²) in [5, 5.41) is 3.34. The van der Waals surface area contributed by atoms with Gasteiger partial charge in [0.05, 0.1) is 0 Å². The van der Waals surface area contributed by atoms with Crippen LogP contribution in [0, 0.1) is 6.92 Å². The van der Waals surface area contributed by atoms with E-state index in [1.807, 2.05) is 12.1 Å². The van der Waals surface area contributed by atoms with Gasteiger partial charge in [-0.25, -0.2) is 0 Å². The summed E-state index contributed by atoms with van der Waals surface area (Å²) < 4.78 is 0. The number of hydrogen-bond acceptors (Lipinski definition) is 1. The second kappa shape index (κ2) is 3.46. The third-order valence-corrected chi connectivity index (χ3v) is 2.64. The molecule has 1 N–H and O–H groups in total. The molecule has 2 rings (SSSR count). The van der Waals surface area contributed by atoms with Crippen LogP contribution in [0.25, 0.3) is 0 Å². The van der Waals surface area contributed by atoms with E-state index in [0.717, 1.165) is 4.99 Å². The third-order valence-electron chi connectivity index (χ3n) is 2.30. The van der Waals surface area contributed by atoms with Crippen molar-refractivity contribution in [2.75, 3.05) is 0 Å². The van der Waals surface area contributed by atoms with E-state index in [1.165, 1.54) is 24.0 Å². The predicted octanol–water partition coefficient (Wildman–Crippen LogP) is 2.42. The molecular formula is C11H13NS. The van der Waals surface area contributed by atoms with Gasteiger partial charge in [0.2, 0.25) is 0 Å². The van der Waals surface area contributed by atoms with E-state index in [4.69, 9.17) is 12.2 Å². The second-order valence-corrected chi connectivity index (χ2v) is 3.97. The molecule has 0 saturated heterocycles. The first-order valence-electron chi connectivity index (χ1n) is 4.64. The molecule has 13 heavy (non-hydrogen) atoms. The van der Waals surface area contributed by atoms with Gasteiger partial charge < -0.3 is 5.32 Å². The molecule has 0 spiro atoms. The zero-order valence-corrected chi connectivity index (χ0v) is 8.53. The van der Waals surface area contributed by atoms with E-state index in [1.54, 1.807) is 0 Å². The summed E-state index contributed by atoms with van der Waals surface area (Å²) in [7, 11) is 0. The van der Waals surface area contributed by atoms with Crippen molar-refractivity contribution in [1.82, 2.24) is 5.32 Å². The minimum Gasteiger partial charge on any atom is -0.373 e. The molecule has 0 unspecified atom stereocenters. The number of thiocarbonyl (C=S) groups is 1. The molecule has 0 atom stereocenters. The van der Waals surface area contributed by atoms with Gasteiger partial charge in [0.25, 0.3) is 0 Å². The smallest absolute Gasteiger partial charge is 0.107 e. The Morgan fingerprint density at radius 2 is 2.08 bits per heavy atom. The zero-order valence-electron chi connectivity index (χ0n) is 7.71. The Hall–Kier alpha value is -0.890. The summed E-state index contributed by atoms with van der Waals surface area (Å²) >= 11 is 5.31. The molecule has 0 heterocycles. The number of aryl methyl sites for hydroxylation is 1. The highest BCUT2D eigenvalue weighted by atomic mass is 32.1. The summed E-state index contributed by atoms with van der Waals surface area (Å²) in [5.74, 6) is 0. The molecule has 1 aliphatic carbocycles. The molecule has 68 valence electrons. The van der Waals surface area contributed by atoms with Gasteiger partial charge in [-0.15, -0.1) is 0 Å². The topological polar surface area (TPSA) is 12.0 Å². The quantitative estimate of drug-likeness (QED) is 0.720. The van der Waals surface area contributed by atoms with Gasteiger partial charge in [-0.05, 0) is 25.3 Å². The van der Waals surface area contributed by atoms with Crippen LogP contribution < -0.4 is 5.32 Å².